The number of amidine groups is 1. The lowest BCUT2D eigenvalue weighted by Crippen LogP contribution is -2.50. The van der Waals surface area contributed by atoms with Crippen molar-refractivity contribution in [3.05, 3.63) is 57.3 Å². The third-order valence-electron chi connectivity index (χ3n) is 6.63. The molecule has 1 saturated heterocycles. The smallest absolute Gasteiger partial charge is 0.338 e. The third-order valence-corrected chi connectivity index (χ3v) is 7.51. The Hall–Kier alpha value is -3.07. The molecule has 2 amide bonds. The molecule has 0 saturated carbocycles. The molecule has 0 unspecified atom stereocenters. The predicted molar refractivity (Wildman–Crippen MR) is 136 cm³/mol. The highest BCUT2D eigenvalue weighted by atomic mass is 32.2. The predicted octanol–water partition coefficient (Wildman–Crippen LogP) is 3.52. The van der Waals surface area contributed by atoms with E-state index in [9.17, 15) is 14.4 Å². The number of hydrogen-bond acceptors (Lipinski definition) is 7. The van der Waals surface area contributed by atoms with Crippen LogP contribution in [0.25, 0.3) is 0 Å². The van der Waals surface area contributed by atoms with Crippen LogP contribution in [0.3, 0.4) is 0 Å². The van der Waals surface area contributed by atoms with Crippen molar-refractivity contribution in [1.82, 2.24) is 14.7 Å². The summed E-state index contributed by atoms with van der Waals surface area (Å²) in [7, 11) is 0. The van der Waals surface area contributed by atoms with Crippen molar-refractivity contribution in [3.63, 3.8) is 0 Å². The van der Waals surface area contributed by atoms with E-state index in [-0.39, 0.29) is 30.8 Å². The summed E-state index contributed by atoms with van der Waals surface area (Å²) in [6, 6.07) is 5.77. The number of fused-ring (bicyclic) bond motifs is 1. The lowest BCUT2D eigenvalue weighted by Gasteiger charge is -2.38. The van der Waals surface area contributed by atoms with Crippen LogP contribution in [0.2, 0.25) is 0 Å². The number of carbonyl (C=O) groups excluding carboxylic acids is 3. The van der Waals surface area contributed by atoms with Gasteiger partial charge in [-0.3, -0.25) is 9.59 Å². The fraction of sp³-hybridized carbons (Fsp3) is 0.462. The van der Waals surface area contributed by atoms with Crippen LogP contribution in [-0.4, -0.2) is 70.4 Å². The number of amides is 2. The Morgan fingerprint density at radius 1 is 1.09 bits per heavy atom. The first-order valence-electron chi connectivity index (χ1n) is 11.9. The SMILES string of the molecule is CCOC(=O)C1=C(C)N=C2SC=C(CC(=O)N3CCN(C(C)=O)CC3)N2[C@H]1c1ccc(C)cc1C. The van der Waals surface area contributed by atoms with Crippen molar-refractivity contribution in [1.29, 1.82) is 0 Å². The van der Waals surface area contributed by atoms with Gasteiger partial charge in [0.1, 0.15) is 0 Å². The molecule has 4 rings (SSSR count). The summed E-state index contributed by atoms with van der Waals surface area (Å²) in [5.41, 5.74) is 5.13. The number of nitrogens with zero attached hydrogens (tertiary/aromatic N) is 4. The van der Waals surface area contributed by atoms with Crippen LogP contribution in [0, 0.1) is 13.8 Å². The summed E-state index contributed by atoms with van der Waals surface area (Å²) in [5.74, 6) is -0.350. The van der Waals surface area contributed by atoms with E-state index in [0.717, 1.165) is 27.6 Å². The number of carbonyl (C=O) groups is 3. The van der Waals surface area contributed by atoms with E-state index in [1.54, 1.807) is 18.7 Å². The zero-order valence-corrected chi connectivity index (χ0v) is 21.8. The summed E-state index contributed by atoms with van der Waals surface area (Å²) >= 11 is 1.47. The molecular formula is C26H32N4O4S. The quantitative estimate of drug-likeness (QED) is 0.580. The van der Waals surface area contributed by atoms with Gasteiger partial charge >= 0.3 is 5.97 Å². The minimum absolute atomic E-state index is 0.00430. The molecule has 0 spiro atoms. The molecule has 0 aromatic heterocycles. The van der Waals surface area contributed by atoms with Crippen LogP contribution in [0.15, 0.2) is 45.6 Å². The lowest BCUT2D eigenvalue weighted by molar-refractivity contribution is -0.139. The van der Waals surface area contributed by atoms with Crippen molar-refractivity contribution in [2.24, 2.45) is 4.99 Å². The summed E-state index contributed by atoms with van der Waals surface area (Å²) in [6.45, 7) is 11.7. The number of piperazine rings is 1. The largest absolute Gasteiger partial charge is 0.463 e. The molecular weight excluding hydrogens is 464 g/mol. The Balaban J connectivity index is 1.64. The van der Waals surface area contributed by atoms with Gasteiger partial charge in [-0.2, -0.15) is 0 Å². The summed E-state index contributed by atoms with van der Waals surface area (Å²) in [5, 5.41) is 2.71. The van der Waals surface area contributed by atoms with E-state index in [4.69, 9.17) is 9.73 Å². The highest BCUT2D eigenvalue weighted by Gasteiger charge is 2.42. The molecule has 0 bridgehead atoms. The van der Waals surface area contributed by atoms with Crippen molar-refractivity contribution in [2.75, 3.05) is 32.8 Å². The van der Waals surface area contributed by atoms with Gasteiger partial charge in [0.2, 0.25) is 11.8 Å². The van der Waals surface area contributed by atoms with E-state index < -0.39 is 6.04 Å². The molecule has 1 aromatic carbocycles. The van der Waals surface area contributed by atoms with E-state index in [0.29, 0.717) is 37.4 Å². The van der Waals surface area contributed by atoms with E-state index in [1.165, 1.54) is 11.8 Å². The number of aryl methyl sites for hydroxylation is 2. The molecule has 8 nitrogen and oxygen atoms in total. The number of aliphatic imine (C=N–C) groups is 1. The summed E-state index contributed by atoms with van der Waals surface area (Å²) < 4.78 is 5.43. The van der Waals surface area contributed by atoms with E-state index >= 15 is 0 Å². The average molecular weight is 497 g/mol. The highest BCUT2D eigenvalue weighted by Crippen LogP contribution is 2.45. The minimum Gasteiger partial charge on any atom is -0.463 e. The van der Waals surface area contributed by atoms with Crippen molar-refractivity contribution >= 4 is 34.7 Å². The molecule has 3 heterocycles. The molecule has 1 aromatic rings. The highest BCUT2D eigenvalue weighted by molar-refractivity contribution is 8.16. The first kappa shape index (κ1) is 25.0. The number of thioether (sulfide) groups is 1. The van der Waals surface area contributed by atoms with Crippen LogP contribution in [-0.2, 0) is 19.1 Å². The van der Waals surface area contributed by atoms with Gasteiger partial charge in [0.25, 0.3) is 0 Å². The first-order valence-corrected chi connectivity index (χ1v) is 12.8. The maximum atomic E-state index is 13.2. The number of hydrogen-bond donors (Lipinski definition) is 0. The topological polar surface area (TPSA) is 82.5 Å². The molecule has 1 fully saturated rings. The standard InChI is InChI=1S/C26H32N4O4S/c1-6-34-25(33)23-18(4)27-26-30(24(23)21-8-7-16(2)13-17(21)3)20(15-35-26)14-22(32)29-11-9-28(10-12-29)19(5)31/h7-8,13,15,24H,6,9-12,14H2,1-5H3/t24-/m0/s1. The average Bonchev–Trinajstić information content (AvgIpc) is 3.20. The van der Waals surface area contributed by atoms with E-state index in [2.05, 4.69) is 6.07 Å². The fourth-order valence-electron chi connectivity index (χ4n) is 4.80. The van der Waals surface area contributed by atoms with Gasteiger partial charge in [0.05, 0.1) is 30.3 Å². The van der Waals surface area contributed by atoms with E-state index in [1.807, 2.05) is 48.1 Å². The molecule has 1 atom stereocenters. The Morgan fingerprint density at radius 2 is 1.77 bits per heavy atom. The molecule has 0 radical (unpaired) electrons. The van der Waals surface area contributed by atoms with Gasteiger partial charge in [-0.05, 0) is 44.2 Å². The zero-order valence-electron chi connectivity index (χ0n) is 21.0. The molecule has 3 aliphatic heterocycles. The van der Waals surface area contributed by atoms with Gasteiger partial charge < -0.3 is 19.4 Å². The van der Waals surface area contributed by atoms with Gasteiger partial charge in [0, 0.05) is 38.8 Å². The maximum Gasteiger partial charge on any atom is 0.338 e. The van der Waals surface area contributed by atoms with Gasteiger partial charge in [-0.25, -0.2) is 9.79 Å². The molecule has 0 N–H and O–H groups in total. The van der Waals surface area contributed by atoms with Gasteiger partial charge in [0.15, 0.2) is 5.17 Å². The summed E-state index contributed by atoms with van der Waals surface area (Å²) in [6.07, 6.45) is 0.197. The molecule has 3 aliphatic rings. The Labute approximate surface area is 210 Å². The second-order valence-electron chi connectivity index (χ2n) is 9.04. The Bertz CT molecular complexity index is 1150. The third kappa shape index (κ3) is 5.00. The first-order chi connectivity index (χ1) is 16.7. The maximum absolute atomic E-state index is 13.2. The van der Waals surface area contributed by atoms with Crippen LogP contribution in [0.5, 0.6) is 0 Å². The van der Waals surface area contributed by atoms with Crippen LogP contribution in [0.4, 0.5) is 0 Å². The molecule has 35 heavy (non-hydrogen) atoms. The monoisotopic (exact) mass is 496 g/mol. The van der Waals surface area contributed by atoms with Gasteiger partial charge in [-0.1, -0.05) is 35.5 Å². The number of rotatable bonds is 5. The number of benzene rings is 1. The van der Waals surface area contributed by atoms with Crippen LogP contribution < -0.4 is 0 Å². The number of allylic oxidation sites excluding steroid dienone is 1. The second-order valence-corrected chi connectivity index (χ2v) is 9.87. The van der Waals surface area contributed by atoms with Crippen LogP contribution >= 0.6 is 11.8 Å². The van der Waals surface area contributed by atoms with Crippen molar-refractivity contribution in [2.45, 2.75) is 47.1 Å². The molecule has 0 aliphatic carbocycles. The lowest BCUT2D eigenvalue weighted by atomic mass is 9.90. The number of ether oxygens (including phenoxy) is 1. The van der Waals surface area contributed by atoms with Gasteiger partial charge in [-0.15, -0.1) is 0 Å². The summed E-state index contributed by atoms with van der Waals surface area (Å²) in [4.78, 5) is 48.3. The molecule has 9 heteroatoms. The van der Waals surface area contributed by atoms with Crippen molar-refractivity contribution < 1.29 is 19.1 Å². The number of esters is 1. The normalized spacial score (nSPS) is 19.9. The second kappa shape index (κ2) is 10.3. The zero-order chi connectivity index (χ0) is 25.3. The minimum atomic E-state index is -0.425. The molecule has 186 valence electrons. The Morgan fingerprint density at radius 3 is 2.40 bits per heavy atom. The van der Waals surface area contributed by atoms with Crippen molar-refractivity contribution in [3.8, 4) is 0 Å². The van der Waals surface area contributed by atoms with Crippen LogP contribution in [0.1, 0.15) is 49.9 Å². The Kier molecular flexibility index (Phi) is 7.35. The fourth-order valence-corrected chi connectivity index (χ4v) is 5.77.